The van der Waals surface area contributed by atoms with Crippen LogP contribution in [0.5, 0.6) is 5.75 Å². The summed E-state index contributed by atoms with van der Waals surface area (Å²) < 4.78 is 18.0. The van der Waals surface area contributed by atoms with Crippen LogP contribution in [0.1, 0.15) is 24.5 Å². The molecule has 0 bridgehead atoms. The van der Waals surface area contributed by atoms with Crippen molar-refractivity contribution in [1.29, 1.82) is 0 Å². The van der Waals surface area contributed by atoms with E-state index in [4.69, 9.17) is 4.74 Å². The fraction of sp³-hybridized carbons (Fsp3) is 0.286. The van der Waals surface area contributed by atoms with Crippen LogP contribution in [0.2, 0.25) is 0 Å². The number of hydrogen-bond donors (Lipinski definition) is 1. The molecule has 4 nitrogen and oxygen atoms in total. The van der Waals surface area contributed by atoms with Crippen molar-refractivity contribution in [3.05, 3.63) is 41.2 Å². The first-order valence-corrected chi connectivity index (χ1v) is 7.22. The number of ether oxygens (including phenoxy) is 1. The second kappa shape index (κ2) is 5.58. The van der Waals surface area contributed by atoms with Gasteiger partial charge in [-0.25, -0.2) is 9.37 Å². The predicted molar refractivity (Wildman–Crippen MR) is 74.6 cm³/mol. The molecule has 0 spiro atoms. The van der Waals surface area contributed by atoms with Crippen LogP contribution in [-0.2, 0) is 4.79 Å². The van der Waals surface area contributed by atoms with Crippen molar-refractivity contribution < 1.29 is 13.9 Å². The van der Waals surface area contributed by atoms with Crippen molar-refractivity contribution >= 4 is 22.4 Å². The molecule has 0 unspecified atom stereocenters. The number of rotatable bonds is 5. The average molecular weight is 292 g/mol. The Morgan fingerprint density at radius 3 is 2.85 bits per heavy atom. The van der Waals surface area contributed by atoms with Gasteiger partial charge in [0.15, 0.2) is 11.7 Å². The highest BCUT2D eigenvalue weighted by atomic mass is 32.1. The smallest absolute Gasteiger partial charge is 0.264 e. The van der Waals surface area contributed by atoms with Crippen LogP contribution in [0, 0.1) is 5.82 Å². The Morgan fingerprint density at radius 2 is 2.15 bits per heavy atom. The molecule has 0 atom stereocenters. The van der Waals surface area contributed by atoms with Crippen molar-refractivity contribution in [2.45, 2.75) is 18.8 Å². The maximum Gasteiger partial charge on any atom is 0.264 e. The molecule has 1 amide bonds. The molecule has 0 saturated heterocycles. The SMILES string of the molecule is O=C(COc1ccc(F)cc1)Nc1nc(C2CC2)cs1. The minimum atomic E-state index is -0.336. The van der Waals surface area contributed by atoms with Gasteiger partial charge < -0.3 is 4.74 Å². The summed E-state index contributed by atoms with van der Waals surface area (Å²) in [6.07, 6.45) is 2.37. The van der Waals surface area contributed by atoms with E-state index in [0.717, 1.165) is 5.69 Å². The number of nitrogens with one attached hydrogen (secondary N) is 1. The maximum absolute atomic E-state index is 12.7. The molecule has 0 radical (unpaired) electrons. The maximum atomic E-state index is 12.7. The number of hydrogen-bond acceptors (Lipinski definition) is 4. The van der Waals surface area contributed by atoms with E-state index >= 15 is 0 Å². The highest BCUT2D eigenvalue weighted by Crippen LogP contribution is 2.40. The van der Waals surface area contributed by atoms with Gasteiger partial charge in [-0.3, -0.25) is 10.1 Å². The number of carbonyl (C=O) groups excluding carboxylic acids is 1. The Morgan fingerprint density at radius 1 is 1.40 bits per heavy atom. The number of nitrogens with zero attached hydrogens (tertiary/aromatic N) is 1. The molecule has 3 rings (SSSR count). The quantitative estimate of drug-likeness (QED) is 0.921. The van der Waals surface area contributed by atoms with E-state index in [2.05, 4.69) is 10.3 Å². The Balaban J connectivity index is 1.49. The summed E-state index contributed by atoms with van der Waals surface area (Å²) in [5.41, 5.74) is 1.06. The molecule has 2 aromatic rings. The van der Waals surface area contributed by atoms with E-state index in [9.17, 15) is 9.18 Å². The summed E-state index contributed by atoms with van der Waals surface area (Å²) in [4.78, 5) is 16.1. The van der Waals surface area contributed by atoms with Gasteiger partial charge in [-0.15, -0.1) is 11.3 Å². The summed E-state index contributed by atoms with van der Waals surface area (Å²) in [7, 11) is 0. The molecule has 1 N–H and O–H groups in total. The molecule has 1 aliphatic carbocycles. The summed E-state index contributed by atoms with van der Waals surface area (Å²) in [6, 6.07) is 5.54. The van der Waals surface area contributed by atoms with E-state index in [0.29, 0.717) is 16.8 Å². The van der Waals surface area contributed by atoms with E-state index < -0.39 is 0 Å². The van der Waals surface area contributed by atoms with Crippen molar-refractivity contribution in [1.82, 2.24) is 4.98 Å². The first kappa shape index (κ1) is 13.1. The van der Waals surface area contributed by atoms with E-state index in [1.165, 1.54) is 48.4 Å². The van der Waals surface area contributed by atoms with E-state index in [1.54, 1.807) is 0 Å². The van der Waals surface area contributed by atoms with Gasteiger partial charge in [0.05, 0.1) is 5.69 Å². The highest BCUT2D eigenvalue weighted by Gasteiger charge is 2.26. The molecule has 0 aliphatic heterocycles. The first-order chi connectivity index (χ1) is 9.70. The lowest BCUT2D eigenvalue weighted by molar-refractivity contribution is -0.118. The number of aromatic nitrogens is 1. The Labute approximate surface area is 119 Å². The fourth-order valence-corrected chi connectivity index (χ4v) is 2.55. The van der Waals surface area contributed by atoms with Gasteiger partial charge in [0.25, 0.3) is 5.91 Å². The molecule has 104 valence electrons. The van der Waals surface area contributed by atoms with Gasteiger partial charge in [0.2, 0.25) is 0 Å². The molecule has 6 heteroatoms. The third-order valence-electron chi connectivity index (χ3n) is 2.95. The van der Waals surface area contributed by atoms with E-state index in [1.807, 2.05) is 5.38 Å². The zero-order valence-corrected chi connectivity index (χ0v) is 11.5. The molecule has 1 aromatic carbocycles. The largest absolute Gasteiger partial charge is 0.484 e. The van der Waals surface area contributed by atoms with Gasteiger partial charge in [-0.2, -0.15) is 0 Å². The van der Waals surface area contributed by atoms with Crippen molar-refractivity contribution in [2.75, 3.05) is 11.9 Å². The second-order valence-electron chi connectivity index (χ2n) is 4.64. The number of carbonyl (C=O) groups is 1. The van der Waals surface area contributed by atoms with Gasteiger partial charge in [-0.05, 0) is 37.1 Å². The van der Waals surface area contributed by atoms with Gasteiger partial charge >= 0.3 is 0 Å². The molecule has 1 aromatic heterocycles. The van der Waals surface area contributed by atoms with Crippen molar-refractivity contribution in [3.63, 3.8) is 0 Å². The topological polar surface area (TPSA) is 51.2 Å². The van der Waals surface area contributed by atoms with Crippen LogP contribution >= 0.6 is 11.3 Å². The highest BCUT2D eigenvalue weighted by molar-refractivity contribution is 7.13. The van der Waals surface area contributed by atoms with Gasteiger partial charge in [0.1, 0.15) is 11.6 Å². The zero-order chi connectivity index (χ0) is 13.9. The molecule has 1 saturated carbocycles. The molecular weight excluding hydrogens is 279 g/mol. The third kappa shape index (κ3) is 3.33. The summed E-state index contributed by atoms with van der Waals surface area (Å²) in [5, 5.41) is 5.27. The monoisotopic (exact) mass is 292 g/mol. The predicted octanol–water partition coefficient (Wildman–Crippen LogP) is 3.18. The van der Waals surface area contributed by atoms with Gasteiger partial charge in [-0.1, -0.05) is 0 Å². The van der Waals surface area contributed by atoms with E-state index in [-0.39, 0.29) is 18.3 Å². The standard InChI is InChI=1S/C14H13FN2O2S/c15-10-3-5-11(6-4-10)19-7-13(18)17-14-16-12(8-20-14)9-1-2-9/h3-6,8-9H,1-2,7H2,(H,16,17,18). The summed E-state index contributed by atoms with van der Waals surface area (Å²) in [6.45, 7) is -0.121. The Kier molecular flexibility index (Phi) is 3.64. The van der Waals surface area contributed by atoms with Crippen molar-refractivity contribution in [2.24, 2.45) is 0 Å². The Hall–Kier alpha value is -1.95. The molecule has 1 aliphatic rings. The van der Waals surface area contributed by atoms with Gasteiger partial charge in [0, 0.05) is 11.3 Å². The number of anilines is 1. The fourth-order valence-electron chi connectivity index (χ4n) is 1.75. The third-order valence-corrected chi connectivity index (χ3v) is 3.72. The second-order valence-corrected chi connectivity index (χ2v) is 5.50. The molecular formula is C14H13FN2O2S. The van der Waals surface area contributed by atoms with Crippen LogP contribution in [0.15, 0.2) is 29.6 Å². The normalized spacial score (nSPS) is 14.1. The molecule has 1 heterocycles. The summed E-state index contributed by atoms with van der Waals surface area (Å²) in [5.74, 6) is 0.426. The number of halogens is 1. The minimum Gasteiger partial charge on any atom is -0.484 e. The lowest BCUT2D eigenvalue weighted by atomic mass is 10.3. The zero-order valence-electron chi connectivity index (χ0n) is 10.6. The van der Waals surface area contributed by atoms with Crippen LogP contribution < -0.4 is 10.1 Å². The van der Waals surface area contributed by atoms with Crippen LogP contribution in [-0.4, -0.2) is 17.5 Å². The molecule has 20 heavy (non-hydrogen) atoms. The average Bonchev–Trinajstić information content (AvgIpc) is 3.19. The minimum absolute atomic E-state index is 0.121. The van der Waals surface area contributed by atoms with Crippen LogP contribution in [0.3, 0.4) is 0 Å². The van der Waals surface area contributed by atoms with Crippen LogP contribution in [0.25, 0.3) is 0 Å². The van der Waals surface area contributed by atoms with Crippen LogP contribution in [0.4, 0.5) is 9.52 Å². The number of benzene rings is 1. The first-order valence-electron chi connectivity index (χ1n) is 6.34. The Bertz CT molecular complexity index is 608. The van der Waals surface area contributed by atoms with Crippen molar-refractivity contribution in [3.8, 4) is 5.75 Å². The lowest BCUT2D eigenvalue weighted by Crippen LogP contribution is -2.20. The molecule has 1 fully saturated rings. The number of thiazole rings is 1. The summed E-state index contributed by atoms with van der Waals surface area (Å²) >= 11 is 1.42. The number of amides is 1. The lowest BCUT2D eigenvalue weighted by Gasteiger charge is -2.05.